The van der Waals surface area contributed by atoms with Gasteiger partial charge in [-0.2, -0.15) is 4.98 Å². The van der Waals surface area contributed by atoms with Gasteiger partial charge in [0.05, 0.1) is 5.69 Å². The van der Waals surface area contributed by atoms with Gasteiger partial charge in [-0.1, -0.05) is 6.07 Å². The Morgan fingerprint density at radius 1 is 0.909 bits per heavy atom. The largest absolute Gasteiger partial charge is 0.362 e. The maximum Gasteiger partial charge on any atom is 0.319 e. The van der Waals surface area contributed by atoms with Crippen molar-refractivity contribution in [1.29, 1.82) is 0 Å². The highest BCUT2D eigenvalue weighted by atomic mass is 16.2. The summed E-state index contributed by atoms with van der Waals surface area (Å²) in [5.41, 5.74) is 6.22. The van der Waals surface area contributed by atoms with E-state index in [4.69, 9.17) is 9.97 Å². The van der Waals surface area contributed by atoms with E-state index in [9.17, 15) is 4.79 Å². The molecule has 33 heavy (non-hydrogen) atoms. The third kappa shape index (κ3) is 5.07. The second kappa shape index (κ2) is 9.57. The molecular formula is C26H36N6O. The van der Waals surface area contributed by atoms with E-state index >= 15 is 0 Å². The fourth-order valence-electron chi connectivity index (χ4n) is 5.58. The summed E-state index contributed by atoms with van der Waals surface area (Å²) >= 11 is 0. The average Bonchev–Trinajstić information content (AvgIpc) is 3.27. The van der Waals surface area contributed by atoms with E-state index in [-0.39, 0.29) is 12.1 Å². The maximum absolute atomic E-state index is 12.5. The molecule has 1 fully saturated rings. The number of amides is 2. The topological polar surface area (TPSA) is 82.2 Å². The molecule has 176 valence electrons. The normalized spacial score (nSPS) is 21.6. The molecule has 3 aliphatic carbocycles. The Labute approximate surface area is 196 Å². The van der Waals surface area contributed by atoms with Gasteiger partial charge in [-0.25, -0.2) is 9.78 Å². The predicted molar refractivity (Wildman–Crippen MR) is 133 cm³/mol. The number of fused-ring (bicyclic) bond motifs is 2. The van der Waals surface area contributed by atoms with Crippen molar-refractivity contribution in [3.8, 4) is 0 Å². The van der Waals surface area contributed by atoms with E-state index in [1.165, 1.54) is 41.6 Å². The minimum atomic E-state index is -0.0991. The van der Waals surface area contributed by atoms with Crippen molar-refractivity contribution in [1.82, 2.24) is 15.3 Å². The molecule has 0 radical (unpaired) electrons. The highest BCUT2D eigenvalue weighted by molar-refractivity contribution is 5.89. The van der Waals surface area contributed by atoms with Crippen LogP contribution in [0.2, 0.25) is 0 Å². The lowest BCUT2D eigenvalue weighted by molar-refractivity contribution is 0.243. The van der Waals surface area contributed by atoms with Gasteiger partial charge in [0.25, 0.3) is 0 Å². The van der Waals surface area contributed by atoms with E-state index in [1.54, 1.807) is 0 Å². The van der Waals surface area contributed by atoms with Crippen LogP contribution in [0.5, 0.6) is 0 Å². The van der Waals surface area contributed by atoms with Crippen LogP contribution in [0.1, 0.15) is 67.3 Å². The van der Waals surface area contributed by atoms with Gasteiger partial charge in [-0.05, 0) is 93.9 Å². The fraction of sp³-hybridized carbons (Fsp3) is 0.577. The molecule has 0 spiro atoms. The number of carbonyl (C=O) groups is 1. The van der Waals surface area contributed by atoms with Gasteiger partial charge >= 0.3 is 6.03 Å². The van der Waals surface area contributed by atoms with E-state index in [0.29, 0.717) is 6.04 Å². The number of hydrogen-bond donors (Lipinski definition) is 3. The molecule has 3 N–H and O–H groups in total. The number of urea groups is 1. The summed E-state index contributed by atoms with van der Waals surface area (Å²) in [4.78, 5) is 24.3. The van der Waals surface area contributed by atoms with Crippen LogP contribution >= 0.6 is 0 Å². The molecule has 1 aromatic heterocycles. The van der Waals surface area contributed by atoms with Crippen LogP contribution in [0, 0.1) is 0 Å². The van der Waals surface area contributed by atoms with E-state index < -0.39 is 0 Å². The monoisotopic (exact) mass is 448 g/mol. The number of rotatable bonds is 5. The minimum absolute atomic E-state index is 0.0991. The Kier molecular flexibility index (Phi) is 6.38. The number of hydrogen-bond acceptors (Lipinski definition) is 5. The summed E-state index contributed by atoms with van der Waals surface area (Å²) in [7, 11) is 4.12. The van der Waals surface area contributed by atoms with E-state index in [2.05, 4.69) is 47.1 Å². The molecule has 1 aromatic carbocycles. The smallest absolute Gasteiger partial charge is 0.319 e. The van der Waals surface area contributed by atoms with Crippen LogP contribution in [0.15, 0.2) is 18.2 Å². The lowest BCUT2D eigenvalue weighted by Crippen LogP contribution is -2.42. The summed E-state index contributed by atoms with van der Waals surface area (Å²) in [6.07, 6.45) is 12.0. The minimum Gasteiger partial charge on any atom is -0.362 e. The molecule has 1 saturated carbocycles. The van der Waals surface area contributed by atoms with Gasteiger partial charge in [0.2, 0.25) is 5.95 Å². The first-order valence-electron chi connectivity index (χ1n) is 12.6. The van der Waals surface area contributed by atoms with Gasteiger partial charge < -0.3 is 20.9 Å². The average molecular weight is 449 g/mol. The maximum atomic E-state index is 12.5. The highest BCUT2D eigenvalue weighted by Gasteiger charge is 2.25. The van der Waals surface area contributed by atoms with Gasteiger partial charge in [0.15, 0.2) is 0 Å². The van der Waals surface area contributed by atoms with Gasteiger partial charge in [0.1, 0.15) is 5.82 Å². The molecule has 0 unspecified atom stereocenters. The number of nitrogens with one attached hydrogen (secondary N) is 3. The third-order valence-corrected chi connectivity index (χ3v) is 7.34. The van der Waals surface area contributed by atoms with Crippen LogP contribution in [0.3, 0.4) is 0 Å². The lowest BCUT2D eigenvalue weighted by Gasteiger charge is -2.30. The van der Waals surface area contributed by atoms with Crippen molar-refractivity contribution in [2.75, 3.05) is 29.6 Å². The van der Waals surface area contributed by atoms with E-state index in [0.717, 1.165) is 68.8 Å². The van der Waals surface area contributed by atoms with Crippen molar-refractivity contribution >= 4 is 23.5 Å². The zero-order valence-corrected chi connectivity index (χ0v) is 19.9. The van der Waals surface area contributed by atoms with Crippen LogP contribution < -0.4 is 20.9 Å². The standard InChI is InChI=1S/C26H36N6O/c1-32(2)24-22-8-3-4-9-23(22)30-25(31-24)27-19-12-14-20(15-13-19)28-26(33)29-21-11-10-17-6-5-7-18(17)16-21/h10-11,16,19-20H,3-9,12-15H2,1-2H3,(H,27,30,31)(H2,28,29,33). The van der Waals surface area contributed by atoms with Gasteiger partial charge in [-0.15, -0.1) is 0 Å². The molecule has 0 aliphatic heterocycles. The van der Waals surface area contributed by atoms with Crippen molar-refractivity contribution in [2.24, 2.45) is 0 Å². The first-order chi connectivity index (χ1) is 16.0. The first kappa shape index (κ1) is 22.0. The number of carbonyl (C=O) groups excluding carboxylic acids is 1. The van der Waals surface area contributed by atoms with Gasteiger partial charge in [-0.3, -0.25) is 0 Å². The molecule has 7 heteroatoms. The lowest BCUT2D eigenvalue weighted by atomic mass is 9.91. The number of aromatic nitrogens is 2. The third-order valence-electron chi connectivity index (χ3n) is 7.34. The summed E-state index contributed by atoms with van der Waals surface area (Å²) in [5, 5.41) is 9.78. The zero-order valence-electron chi connectivity index (χ0n) is 19.9. The predicted octanol–water partition coefficient (Wildman–Crippen LogP) is 4.45. The molecule has 0 bridgehead atoms. The van der Waals surface area contributed by atoms with Crippen LogP contribution in [-0.2, 0) is 25.7 Å². The zero-order chi connectivity index (χ0) is 22.8. The summed E-state index contributed by atoms with van der Waals surface area (Å²) in [6.45, 7) is 0. The summed E-state index contributed by atoms with van der Waals surface area (Å²) in [5.74, 6) is 1.81. The molecule has 2 aromatic rings. The Hall–Kier alpha value is -2.83. The molecule has 0 atom stereocenters. The van der Waals surface area contributed by atoms with E-state index in [1.807, 2.05) is 6.07 Å². The molecule has 5 rings (SSSR count). The van der Waals surface area contributed by atoms with Crippen molar-refractivity contribution < 1.29 is 4.79 Å². The number of aryl methyl sites for hydroxylation is 3. The second-order valence-corrected chi connectivity index (χ2v) is 10.0. The highest BCUT2D eigenvalue weighted by Crippen LogP contribution is 2.29. The molecule has 0 saturated heterocycles. The van der Waals surface area contributed by atoms with Crippen LogP contribution in [0.4, 0.5) is 22.2 Å². The molecular weight excluding hydrogens is 412 g/mol. The number of nitrogens with zero attached hydrogens (tertiary/aromatic N) is 3. The summed E-state index contributed by atoms with van der Waals surface area (Å²) < 4.78 is 0. The SMILES string of the molecule is CN(C)c1nc(NC2CCC(NC(=O)Nc3ccc4c(c3)CCC4)CC2)nc2c1CCCC2. The Morgan fingerprint density at radius 2 is 1.67 bits per heavy atom. The molecule has 7 nitrogen and oxygen atoms in total. The first-order valence-corrected chi connectivity index (χ1v) is 12.6. The Balaban J connectivity index is 1.13. The molecule has 1 heterocycles. The fourth-order valence-corrected chi connectivity index (χ4v) is 5.58. The molecule has 2 amide bonds. The van der Waals surface area contributed by atoms with Crippen molar-refractivity contribution in [2.45, 2.75) is 82.7 Å². The number of anilines is 3. The second-order valence-electron chi connectivity index (χ2n) is 10.0. The Bertz CT molecular complexity index is 1010. The van der Waals surface area contributed by atoms with Gasteiger partial charge in [0, 0.05) is 37.4 Å². The number of benzene rings is 1. The van der Waals surface area contributed by atoms with Crippen LogP contribution in [0.25, 0.3) is 0 Å². The Morgan fingerprint density at radius 3 is 2.48 bits per heavy atom. The summed E-state index contributed by atoms with van der Waals surface area (Å²) in [6, 6.07) is 6.75. The molecule has 3 aliphatic rings. The van der Waals surface area contributed by atoms with Crippen molar-refractivity contribution in [3.05, 3.63) is 40.6 Å². The quantitative estimate of drug-likeness (QED) is 0.629. The van der Waals surface area contributed by atoms with Crippen LogP contribution in [-0.4, -0.2) is 42.2 Å². The van der Waals surface area contributed by atoms with Crippen molar-refractivity contribution in [3.63, 3.8) is 0 Å².